The SMILES string of the molecule is Cc1ccc(C(=O)CCC(=O)Nc2nnc(Cc3ccccc3)s2)s1. The average Bonchev–Trinajstić information content (AvgIpc) is 3.23. The highest BCUT2D eigenvalue weighted by molar-refractivity contribution is 7.15. The number of carbonyl (C=O) groups excluding carboxylic acids is 2. The Hall–Kier alpha value is -2.38. The van der Waals surface area contributed by atoms with E-state index in [4.69, 9.17) is 0 Å². The first-order valence-corrected chi connectivity index (χ1v) is 9.49. The van der Waals surface area contributed by atoms with Gasteiger partial charge in [0.2, 0.25) is 11.0 Å². The molecule has 0 aliphatic rings. The molecular formula is C18H17N3O2S2. The number of rotatable bonds is 7. The van der Waals surface area contributed by atoms with E-state index >= 15 is 0 Å². The van der Waals surface area contributed by atoms with Gasteiger partial charge in [-0.05, 0) is 24.6 Å². The van der Waals surface area contributed by atoms with Crippen molar-refractivity contribution in [3.8, 4) is 0 Å². The first-order chi connectivity index (χ1) is 12.1. The van der Waals surface area contributed by atoms with Gasteiger partial charge in [-0.1, -0.05) is 41.7 Å². The molecule has 1 N–H and O–H groups in total. The fourth-order valence-corrected chi connectivity index (χ4v) is 3.89. The summed E-state index contributed by atoms with van der Waals surface area (Å²) in [5, 5.41) is 12.1. The smallest absolute Gasteiger partial charge is 0.226 e. The van der Waals surface area contributed by atoms with E-state index in [1.165, 1.54) is 22.7 Å². The number of thiophene rings is 1. The van der Waals surface area contributed by atoms with Gasteiger partial charge in [0, 0.05) is 24.1 Å². The van der Waals surface area contributed by atoms with Crippen LogP contribution in [0.4, 0.5) is 5.13 Å². The molecule has 1 amide bonds. The van der Waals surface area contributed by atoms with E-state index in [-0.39, 0.29) is 24.5 Å². The number of carbonyl (C=O) groups is 2. The van der Waals surface area contributed by atoms with Crippen LogP contribution >= 0.6 is 22.7 Å². The Morgan fingerprint density at radius 2 is 1.80 bits per heavy atom. The lowest BCUT2D eigenvalue weighted by molar-refractivity contribution is -0.116. The number of nitrogens with one attached hydrogen (secondary N) is 1. The molecule has 0 spiro atoms. The van der Waals surface area contributed by atoms with Gasteiger partial charge in [-0.3, -0.25) is 9.59 Å². The number of amides is 1. The number of benzene rings is 1. The molecule has 0 aliphatic carbocycles. The summed E-state index contributed by atoms with van der Waals surface area (Å²) in [6.45, 7) is 1.96. The van der Waals surface area contributed by atoms with E-state index < -0.39 is 0 Å². The number of ketones is 1. The van der Waals surface area contributed by atoms with Gasteiger partial charge in [-0.15, -0.1) is 21.5 Å². The molecule has 0 radical (unpaired) electrons. The number of hydrogen-bond donors (Lipinski definition) is 1. The lowest BCUT2D eigenvalue weighted by Gasteiger charge is -2.00. The van der Waals surface area contributed by atoms with Crippen molar-refractivity contribution in [3.63, 3.8) is 0 Å². The highest BCUT2D eigenvalue weighted by Gasteiger charge is 2.13. The van der Waals surface area contributed by atoms with Gasteiger partial charge in [0.15, 0.2) is 5.78 Å². The molecule has 3 rings (SSSR count). The molecule has 7 heteroatoms. The van der Waals surface area contributed by atoms with Crippen LogP contribution in [0.5, 0.6) is 0 Å². The summed E-state index contributed by atoms with van der Waals surface area (Å²) in [7, 11) is 0. The predicted molar refractivity (Wildman–Crippen MR) is 100 cm³/mol. The van der Waals surface area contributed by atoms with Gasteiger partial charge in [0.25, 0.3) is 0 Å². The number of aromatic nitrogens is 2. The van der Waals surface area contributed by atoms with Crippen molar-refractivity contribution in [1.82, 2.24) is 10.2 Å². The van der Waals surface area contributed by atoms with Crippen molar-refractivity contribution in [2.75, 3.05) is 5.32 Å². The molecular weight excluding hydrogens is 354 g/mol. The van der Waals surface area contributed by atoms with Crippen molar-refractivity contribution in [3.05, 3.63) is 62.8 Å². The number of aryl methyl sites for hydroxylation is 1. The van der Waals surface area contributed by atoms with E-state index in [1.807, 2.05) is 43.3 Å². The maximum absolute atomic E-state index is 12.0. The number of Topliss-reactive ketones (excluding diaryl/α,β-unsaturated/α-hetero) is 1. The van der Waals surface area contributed by atoms with E-state index in [9.17, 15) is 9.59 Å². The highest BCUT2D eigenvalue weighted by atomic mass is 32.1. The van der Waals surface area contributed by atoms with Crippen molar-refractivity contribution >= 4 is 39.5 Å². The summed E-state index contributed by atoms with van der Waals surface area (Å²) < 4.78 is 0. The Morgan fingerprint density at radius 3 is 2.52 bits per heavy atom. The van der Waals surface area contributed by atoms with Crippen LogP contribution in [0.15, 0.2) is 42.5 Å². The molecule has 25 heavy (non-hydrogen) atoms. The minimum absolute atomic E-state index is 0.00437. The first kappa shape index (κ1) is 17.4. The largest absolute Gasteiger partial charge is 0.301 e. The zero-order valence-corrected chi connectivity index (χ0v) is 15.3. The normalized spacial score (nSPS) is 10.6. The third-order valence-corrected chi connectivity index (χ3v) is 5.39. The monoisotopic (exact) mass is 371 g/mol. The second-order valence-corrected chi connectivity index (χ2v) is 7.89. The summed E-state index contributed by atoms with van der Waals surface area (Å²) in [6.07, 6.45) is 1.02. The van der Waals surface area contributed by atoms with Gasteiger partial charge in [-0.25, -0.2) is 0 Å². The van der Waals surface area contributed by atoms with Crippen LogP contribution in [0.2, 0.25) is 0 Å². The maximum atomic E-state index is 12.0. The van der Waals surface area contributed by atoms with Gasteiger partial charge >= 0.3 is 0 Å². The van der Waals surface area contributed by atoms with E-state index in [2.05, 4.69) is 15.5 Å². The molecule has 0 aliphatic heterocycles. The minimum Gasteiger partial charge on any atom is -0.301 e. The Labute approximate surface area is 153 Å². The Morgan fingerprint density at radius 1 is 1.00 bits per heavy atom. The van der Waals surface area contributed by atoms with Crippen LogP contribution in [0.1, 0.15) is 38.0 Å². The molecule has 0 atom stereocenters. The lowest BCUT2D eigenvalue weighted by Crippen LogP contribution is -2.13. The summed E-state index contributed by atoms with van der Waals surface area (Å²) in [6, 6.07) is 13.7. The first-order valence-electron chi connectivity index (χ1n) is 7.86. The summed E-state index contributed by atoms with van der Waals surface area (Å²) in [5.74, 6) is -0.223. The van der Waals surface area contributed by atoms with Crippen molar-refractivity contribution in [2.24, 2.45) is 0 Å². The minimum atomic E-state index is -0.218. The number of anilines is 1. The Bertz CT molecular complexity index is 871. The van der Waals surface area contributed by atoms with E-state index in [1.54, 1.807) is 6.07 Å². The fourth-order valence-electron chi connectivity index (χ4n) is 2.26. The maximum Gasteiger partial charge on any atom is 0.226 e. The number of hydrogen-bond acceptors (Lipinski definition) is 6. The lowest BCUT2D eigenvalue weighted by atomic mass is 10.2. The standard InChI is InChI=1S/C18H17N3O2S2/c1-12-7-9-15(24-12)14(22)8-10-16(23)19-18-21-20-17(25-18)11-13-5-3-2-4-6-13/h2-7,9H,8,10-11H2,1H3,(H,19,21,23). The highest BCUT2D eigenvalue weighted by Crippen LogP contribution is 2.20. The molecule has 0 saturated heterocycles. The molecule has 3 aromatic rings. The molecule has 0 bridgehead atoms. The molecule has 1 aromatic carbocycles. The molecule has 2 aromatic heterocycles. The number of nitrogens with zero attached hydrogens (tertiary/aromatic N) is 2. The fraction of sp³-hybridized carbons (Fsp3) is 0.222. The predicted octanol–water partition coefficient (Wildman–Crippen LogP) is 4.10. The van der Waals surface area contributed by atoms with Crippen LogP contribution in [-0.4, -0.2) is 21.9 Å². The van der Waals surface area contributed by atoms with Crippen LogP contribution in [-0.2, 0) is 11.2 Å². The van der Waals surface area contributed by atoms with Crippen LogP contribution < -0.4 is 5.32 Å². The Balaban J connectivity index is 1.49. The topological polar surface area (TPSA) is 72.0 Å². The van der Waals surface area contributed by atoms with Gasteiger partial charge in [-0.2, -0.15) is 0 Å². The Kier molecular flexibility index (Phi) is 5.67. The third-order valence-electron chi connectivity index (χ3n) is 3.51. The second-order valence-electron chi connectivity index (χ2n) is 5.54. The molecule has 5 nitrogen and oxygen atoms in total. The van der Waals surface area contributed by atoms with Gasteiger partial charge < -0.3 is 5.32 Å². The molecule has 0 saturated carbocycles. The van der Waals surface area contributed by atoms with Crippen molar-refractivity contribution in [2.45, 2.75) is 26.2 Å². The van der Waals surface area contributed by atoms with Crippen molar-refractivity contribution in [1.29, 1.82) is 0 Å². The van der Waals surface area contributed by atoms with Gasteiger partial charge in [0.05, 0.1) is 4.88 Å². The molecule has 128 valence electrons. The molecule has 2 heterocycles. The zero-order valence-electron chi connectivity index (χ0n) is 13.7. The van der Waals surface area contributed by atoms with Gasteiger partial charge in [0.1, 0.15) is 5.01 Å². The summed E-state index contributed by atoms with van der Waals surface area (Å²) in [5.41, 5.74) is 1.15. The second kappa shape index (κ2) is 8.13. The van der Waals surface area contributed by atoms with Crippen LogP contribution in [0.3, 0.4) is 0 Å². The van der Waals surface area contributed by atoms with Crippen LogP contribution in [0.25, 0.3) is 0 Å². The summed E-state index contributed by atoms with van der Waals surface area (Å²) >= 11 is 2.81. The third kappa shape index (κ3) is 5.04. The quantitative estimate of drug-likeness (QED) is 0.635. The van der Waals surface area contributed by atoms with E-state index in [0.717, 1.165) is 15.4 Å². The van der Waals surface area contributed by atoms with E-state index in [0.29, 0.717) is 16.4 Å². The van der Waals surface area contributed by atoms with Crippen molar-refractivity contribution < 1.29 is 9.59 Å². The summed E-state index contributed by atoms with van der Waals surface area (Å²) in [4.78, 5) is 25.8. The average molecular weight is 371 g/mol. The van der Waals surface area contributed by atoms with Crippen LogP contribution in [0, 0.1) is 6.92 Å². The molecule has 0 fully saturated rings. The molecule has 0 unspecified atom stereocenters. The zero-order chi connectivity index (χ0) is 17.6.